The van der Waals surface area contributed by atoms with Gasteiger partial charge in [-0.2, -0.15) is 0 Å². The molecule has 2 fully saturated rings. The molecule has 0 radical (unpaired) electrons. The van der Waals surface area contributed by atoms with Crippen LogP contribution in [0, 0.1) is 0 Å². The second-order valence-corrected chi connectivity index (χ2v) is 4.49. The van der Waals surface area contributed by atoms with Gasteiger partial charge < -0.3 is 0 Å². The maximum absolute atomic E-state index is 11.3. The molecule has 1 heterocycles. The van der Waals surface area contributed by atoms with Gasteiger partial charge in [-0.25, -0.2) is 5.84 Å². The van der Waals surface area contributed by atoms with Gasteiger partial charge in [0.1, 0.15) is 0 Å². The van der Waals surface area contributed by atoms with Crippen molar-refractivity contribution in [1.82, 2.24) is 15.2 Å². The second kappa shape index (κ2) is 4.47. The lowest BCUT2D eigenvalue weighted by Gasteiger charge is -2.37. The number of carbonyl (C=O) groups is 1. The van der Waals surface area contributed by atoms with E-state index in [1.165, 1.54) is 12.8 Å². The predicted octanol–water partition coefficient (Wildman–Crippen LogP) is -0.855. The summed E-state index contributed by atoms with van der Waals surface area (Å²) in [4.78, 5) is 16.1. The molecule has 0 aromatic heterocycles. The molecule has 15 heavy (non-hydrogen) atoms. The van der Waals surface area contributed by atoms with E-state index < -0.39 is 0 Å². The number of rotatable bonds is 3. The summed E-state index contributed by atoms with van der Waals surface area (Å²) in [6.45, 7) is 6.05. The molecule has 1 atom stereocenters. The van der Waals surface area contributed by atoms with Gasteiger partial charge in [-0.05, 0) is 19.8 Å². The van der Waals surface area contributed by atoms with Crippen molar-refractivity contribution in [1.29, 1.82) is 0 Å². The Bertz CT molecular complexity index is 234. The summed E-state index contributed by atoms with van der Waals surface area (Å²) in [6, 6.07) is 0.738. The quantitative estimate of drug-likeness (QED) is 0.363. The summed E-state index contributed by atoms with van der Waals surface area (Å²) in [5.41, 5.74) is 2.21. The Labute approximate surface area is 90.6 Å². The van der Waals surface area contributed by atoms with Crippen molar-refractivity contribution in [3.8, 4) is 0 Å². The van der Waals surface area contributed by atoms with Crippen molar-refractivity contribution >= 4 is 5.91 Å². The zero-order chi connectivity index (χ0) is 10.8. The number of carbonyl (C=O) groups excluding carboxylic acids is 1. The number of nitrogens with two attached hydrogens (primary N) is 1. The van der Waals surface area contributed by atoms with Crippen LogP contribution in [-0.2, 0) is 4.79 Å². The fraction of sp³-hybridized carbons (Fsp3) is 0.900. The van der Waals surface area contributed by atoms with Crippen molar-refractivity contribution in [2.24, 2.45) is 5.84 Å². The van der Waals surface area contributed by atoms with Gasteiger partial charge in [0, 0.05) is 32.2 Å². The average Bonchev–Trinajstić information content (AvgIpc) is 3.11. The molecule has 0 aromatic rings. The van der Waals surface area contributed by atoms with Crippen molar-refractivity contribution in [2.45, 2.75) is 31.8 Å². The van der Waals surface area contributed by atoms with Crippen LogP contribution in [0.25, 0.3) is 0 Å². The van der Waals surface area contributed by atoms with E-state index in [1.807, 2.05) is 6.92 Å². The van der Waals surface area contributed by atoms with E-state index in [9.17, 15) is 4.79 Å². The Hall–Kier alpha value is -0.650. The average molecular weight is 212 g/mol. The molecule has 1 unspecified atom stereocenters. The van der Waals surface area contributed by atoms with E-state index in [0.717, 1.165) is 32.2 Å². The highest BCUT2D eigenvalue weighted by atomic mass is 16.2. The smallest absolute Gasteiger partial charge is 0.250 e. The van der Waals surface area contributed by atoms with Crippen LogP contribution < -0.4 is 11.3 Å². The van der Waals surface area contributed by atoms with Gasteiger partial charge in [0.15, 0.2) is 0 Å². The van der Waals surface area contributed by atoms with Gasteiger partial charge in [-0.15, -0.1) is 0 Å². The molecule has 5 nitrogen and oxygen atoms in total. The maximum atomic E-state index is 11.3. The van der Waals surface area contributed by atoms with Gasteiger partial charge in [0.25, 0.3) is 5.91 Å². The first-order chi connectivity index (χ1) is 7.22. The Morgan fingerprint density at radius 1 is 1.33 bits per heavy atom. The molecule has 86 valence electrons. The van der Waals surface area contributed by atoms with Crippen molar-refractivity contribution in [2.75, 3.05) is 26.2 Å². The maximum Gasteiger partial charge on any atom is 0.250 e. The first kappa shape index (κ1) is 10.9. The number of hydrazine groups is 1. The zero-order valence-electron chi connectivity index (χ0n) is 9.28. The van der Waals surface area contributed by atoms with Crippen LogP contribution in [0.4, 0.5) is 0 Å². The standard InChI is InChI=1S/C10H20N4O/c1-8(10(15)12-11)13-4-6-14(7-5-13)9-2-3-9/h8-9H,2-7,11H2,1H3,(H,12,15). The molecule has 1 aliphatic carbocycles. The van der Waals surface area contributed by atoms with E-state index in [2.05, 4.69) is 15.2 Å². The first-order valence-corrected chi connectivity index (χ1v) is 5.71. The predicted molar refractivity (Wildman–Crippen MR) is 58.0 cm³/mol. The summed E-state index contributed by atoms with van der Waals surface area (Å²) in [7, 11) is 0. The third-order valence-corrected chi connectivity index (χ3v) is 3.48. The lowest BCUT2D eigenvalue weighted by molar-refractivity contribution is -0.126. The van der Waals surface area contributed by atoms with Crippen molar-refractivity contribution < 1.29 is 4.79 Å². The minimum absolute atomic E-state index is 0.0881. The number of amides is 1. The Morgan fingerprint density at radius 2 is 1.93 bits per heavy atom. The molecule has 1 saturated carbocycles. The van der Waals surface area contributed by atoms with E-state index >= 15 is 0 Å². The van der Waals surface area contributed by atoms with Crippen LogP contribution in [0.2, 0.25) is 0 Å². The lowest BCUT2D eigenvalue weighted by Crippen LogP contribution is -2.55. The van der Waals surface area contributed by atoms with Crippen LogP contribution in [0.5, 0.6) is 0 Å². The normalized spacial score (nSPS) is 26.3. The highest BCUT2D eigenvalue weighted by molar-refractivity contribution is 5.80. The topological polar surface area (TPSA) is 61.6 Å². The number of hydrogen-bond donors (Lipinski definition) is 2. The SMILES string of the molecule is CC(C(=O)NN)N1CCN(C2CC2)CC1. The number of nitrogens with one attached hydrogen (secondary N) is 1. The van der Waals surface area contributed by atoms with Crippen LogP contribution in [0.3, 0.4) is 0 Å². The molecule has 2 aliphatic rings. The minimum atomic E-state index is -0.101. The molecule has 0 bridgehead atoms. The summed E-state index contributed by atoms with van der Waals surface area (Å²) in [5, 5.41) is 0. The van der Waals surface area contributed by atoms with Gasteiger partial charge in [0.05, 0.1) is 6.04 Å². The summed E-state index contributed by atoms with van der Waals surface area (Å²) >= 11 is 0. The van der Waals surface area contributed by atoms with Crippen molar-refractivity contribution in [3.05, 3.63) is 0 Å². The molecule has 0 aromatic carbocycles. The zero-order valence-corrected chi connectivity index (χ0v) is 9.28. The Kier molecular flexibility index (Phi) is 3.23. The van der Waals surface area contributed by atoms with Gasteiger partial charge in [0.2, 0.25) is 0 Å². The van der Waals surface area contributed by atoms with Crippen LogP contribution in [0.15, 0.2) is 0 Å². The molecule has 1 amide bonds. The molecule has 5 heteroatoms. The molecule has 0 spiro atoms. The third-order valence-electron chi connectivity index (χ3n) is 3.48. The van der Waals surface area contributed by atoms with Gasteiger partial charge in [-0.3, -0.25) is 20.0 Å². The highest BCUT2D eigenvalue weighted by Gasteiger charge is 2.33. The Morgan fingerprint density at radius 3 is 2.40 bits per heavy atom. The largest absolute Gasteiger partial charge is 0.298 e. The highest BCUT2D eigenvalue weighted by Crippen LogP contribution is 2.27. The minimum Gasteiger partial charge on any atom is -0.298 e. The molecule has 3 N–H and O–H groups in total. The monoisotopic (exact) mass is 212 g/mol. The van der Waals surface area contributed by atoms with Crippen molar-refractivity contribution in [3.63, 3.8) is 0 Å². The Balaban J connectivity index is 1.79. The van der Waals surface area contributed by atoms with Gasteiger partial charge >= 0.3 is 0 Å². The molecular formula is C10H20N4O. The van der Waals surface area contributed by atoms with E-state index in [1.54, 1.807) is 0 Å². The summed E-state index contributed by atoms with van der Waals surface area (Å²) in [5.74, 6) is 5.04. The first-order valence-electron chi connectivity index (χ1n) is 5.71. The fourth-order valence-corrected chi connectivity index (χ4v) is 2.22. The van der Waals surface area contributed by atoms with E-state index in [-0.39, 0.29) is 11.9 Å². The number of piperazine rings is 1. The number of hydrogen-bond acceptors (Lipinski definition) is 4. The van der Waals surface area contributed by atoms with E-state index in [4.69, 9.17) is 5.84 Å². The van der Waals surface area contributed by atoms with E-state index in [0.29, 0.717) is 0 Å². The summed E-state index contributed by atoms with van der Waals surface area (Å²) < 4.78 is 0. The second-order valence-electron chi connectivity index (χ2n) is 4.49. The van der Waals surface area contributed by atoms with Gasteiger partial charge in [-0.1, -0.05) is 0 Å². The number of nitrogens with zero attached hydrogens (tertiary/aromatic N) is 2. The van der Waals surface area contributed by atoms with Crippen LogP contribution >= 0.6 is 0 Å². The van der Waals surface area contributed by atoms with Crippen LogP contribution in [0.1, 0.15) is 19.8 Å². The fourth-order valence-electron chi connectivity index (χ4n) is 2.22. The molecule has 1 aliphatic heterocycles. The molecule has 2 rings (SSSR count). The summed E-state index contributed by atoms with van der Waals surface area (Å²) in [6.07, 6.45) is 2.72. The molecular weight excluding hydrogens is 192 g/mol. The molecule has 1 saturated heterocycles. The third kappa shape index (κ3) is 2.48. The lowest BCUT2D eigenvalue weighted by atomic mass is 10.2. The van der Waals surface area contributed by atoms with Crippen LogP contribution in [-0.4, -0.2) is 54.0 Å².